The molecule has 2 heteroatoms. The SMILES string of the molecule is C#CP(C#C)OCC. The summed E-state index contributed by atoms with van der Waals surface area (Å²) in [5, 5.41) is 0. The Morgan fingerprint density at radius 3 is 2.12 bits per heavy atom. The van der Waals surface area contributed by atoms with E-state index in [9.17, 15) is 0 Å². The summed E-state index contributed by atoms with van der Waals surface area (Å²) in [5.74, 6) is 0. The average molecular weight is 126 g/mol. The minimum absolute atomic E-state index is 0.597. The van der Waals surface area contributed by atoms with E-state index in [1.807, 2.05) is 6.92 Å². The molecule has 42 valence electrons. The summed E-state index contributed by atoms with van der Waals surface area (Å²) in [6.45, 7) is 2.46. The van der Waals surface area contributed by atoms with Crippen LogP contribution in [0.5, 0.6) is 0 Å². The molecule has 0 amide bonds. The molecule has 0 saturated heterocycles. The van der Waals surface area contributed by atoms with Crippen LogP contribution in [0.15, 0.2) is 0 Å². The molecular weight excluding hydrogens is 119 g/mol. The quantitative estimate of drug-likeness (QED) is 0.403. The van der Waals surface area contributed by atoms with Gasteiger partial charge in [-0.1, -0.05) is 0 Å². The van der Waals surface area contributed by atoms with E-state index < -0.39 is 8.15 Å². The second-order valence-electron chi connectivity index (χ2n) is 0.970. The molecule has 0 heterocycles. The van der Waals surface area contributed by atoms with Gasteiger partial charge in [0.1, 0.15) is 0 Å². The Labute approximate surface area is 51.3 Å². The third-order valence-electron chi connectivity index (χ3n) is 0.493. The number of terminal acetylenes is 2. The predicted molar refractivity (Wildman–Crippen MR) is 36.2 cm³/mol. The van der Waals surface area contributed by atoms with Gasteiger partial charge < -0.3 is 4.52 Å². The summed E-state index contributed by atoms with van der Waals surface area (Å²) < 4.78 is 4.93. The summed E-state index contributed by atoms with van der Waals surface area (Å²) in [7, 11) is -1.00. The molecule has 0 aromatic heterocycles. The van der Waals surface area contributed by atoms with Gasteiger partial charge in [-0.2, -0.15) is 0 Å². The molecule has 0 atom stereocenters. The molecular formula is C6H7OP. The maximum absolute atomic E-state index is 4.98. The third-order valence-corrected chi connectivity index (χ3v) is 1.48. The summed E-state index contributed by atoms with van der Waals surface area (Å²) in [5.41, 5.74) is 4.72. The highest BCUT2D eigenvalue weighted by Crippen LogP contribution is 2.31. The smallest absolute Gasteiger partial charge is 0.187 e. The molecule has 0 spiro atoms. The van der Waals surface area contributed by atoms with Gasteiger partial charge in [-0.3, -0.25) is 0 Å². The Morgan fingerprint density at radius 1 is 1.50 bits per heavy atom. The van der Waals surface area contributed by atoms with Crippen LogP contribution in [-0.4, -0.2) is 6.61 Å². The minimum atomic E-state index is -1.00. The molecule has 8 heavy (non-hydrogen) atoms. The number of rotatable bonds is 2. The van der Waals surface area contributed by atoms with Crippen LogP contribution in [0.2, 0.25) is 0 Å². The van der Waals surface area contributed by atoms with Gasteiger partial charge in [-0.05, 0) is 18.2 Å². The average Bonchev–Trinajstić information content (AvgIpc) is 1.83. The molecule has 0 aromatic carbocycles. The molecule has 0 fully saturated rings. The fraction of sp³-hybridized carbons (Fsp3) is 0.333. The van der Waals surface area contributed by atoms with E-state index >= 15 is 0 Å². The molecule has 0 aliphatic heterocycles. The lowest BCUT2D eigenvalue weighted by molar-refractivity contribution is 0.389. The normalized spacial score (nSPS) is 8.00. The Bertz CT molecular complexity index is 114. The zero-order valence-electron chi connectivity index (χ0n) is 4.72. The first-order valence-electron chi connectivity index (χ1n) is 2.20. The van der Waals surface area contributed by atoms with Gasteiger partial charge in [0, 0.05) is 0 Å². The van der Waals surface area contributed by atoms with Gasteiger partial charge in [0.25, 0.3) is 0 Å². The molecule has 1 nitrogen and oxygen atoms in total. The summed E-state index contributed by atoms with van der Waals surface area (Å²) in [6.07, 6.45) is 9.96. The standard InChI is InChI=1S/C6H7OP/c1-4-7-8(5-2)6-3/h2-3H,4H2,1H3. The third kappa shape index (κ3) is 2.64. The van der Waals surface area contributed by atoms with Crippen molar-refractivity contribution in [3.63, 3.8) is 0 Å². The zero-order chi connectivity index (χ0) is 6.41. The second-order valence-corrected chi connectivity index (χ2v) is 2.33. The monoisotopic (exact) mass is 126 g/mol. The fourth-order valence-corrected chi connectivity index (χ4v) is 0.723. The van der Waals surface area contributed by atoms with Crippen molar-refractivity contribution >= 4 is 8.15 Å². The van der Waals surface area contributed by atoms with Gasteiger partial charge in [0.2, 0.25) is 0 Å². The van der Waals surface area contributed by atoms with E-state index in [1.54, 1.807) is 0 Å². The molecule has 0 aliphatic carbocycles. The van der Waals surface area contributed by atoms with Crippen LogP contribution in [0.4, 0.5) is 0 Å². The van der Waals surface area contributed by atoms with E-state index in [-0.39, 0.29) is 0 Å². The van der Waals surface area contributed by atoms with Crippen LogP contribution in [0, 0.1) is 24.2 Å². The number of hydrogen-bond acceptors (Lipinski definition) is 1. The van der Waals surface area contributed by atoms with Gasteiger partial charge in [-0.25, -0.2) is 0 Å². The van der Waals surface area contributed by atoms with Crippen molar-refractivity contribution in [2.24, 2.45) is 0 Å². The second kappa shape index (κ2) is 4.66. The van der Waals surface area contributed by atoms with Crippen molar-refractivity contribution in [1.29, 1.82) is 0 Å². The summed E-state index contributed by atoms with van der Waals surface area (Å²) in [6, 6.07) is 0. The molecule has 0 N–H and O–H groups in total. The maximum Gasteiger partial charge on any atom is 0.187 e. The van der Waals surface area contributed by atoms with Crippen LogP contribution in [-0.2, 0) is 4.52 Å². The van der Waals surface area contributed by atoms with Gasteiger partial charge >= 0.3 is 0 Å². The molecule has 0 unspecified atom stereocenters. The molecule has 0 bridgehead atoms. The maximum atomic E-state index is 4.98. The molecule has 0 radical (unpaired) electrons. The van der Waals surface area contributed by atoms with Crippen molar-refractivity contribution in [2.45, 2.75) is 6.92 Å². The van der Waals surface area contributed by atoms with E-state index in [0.717, 1.165) is 0 Å². The van der Waals surface area contributed by atoms with Gasteiger partial charge in [0.05, 0.1) is 6.61 Å². The molecule has 0 aromatic rings. The first kappa shape index (κ1) is 7.51. The van der Waals surface area contributed by atoms with Crippen molar-refractivity contribution in [3.8, 4) is 24.2 Å². The van der Waals surface area contributed by atoms with Crippen LogP contribution in [0.25, 0.3) is 0 Å². The molecule has 0 aliphatic rings. The van der Waals surface area contributed by atoms with Gasteiger partial charge in [0.15, 0.2) is 8.15 Å². The predicted octanol–water partition coefficient (Wildman–Crippen LogP) is 1.60. The lowest BCUT2D eigenvalue weighted by Gasteiger charge is -1.97. The largest absolute Gasteiger partial charge is 0.336 e. The molecule has 0 saturated carbocycles. The van der Waals surface area contributed by atoms with Crippen LogP contribution in [0.1, 0.15) is 6.92 Å². The lowest BCUT2D eigenvalue weighted by atomic mass is 10.9. The van der Waals surface area contributed by atoms with Crippen LogP contribution >= 0.6 is 8.15 Å². The van der Waals surface area contributed by atoms with Gasteiger partial charge in [-0.15, -0.1) is 12.8 Å². The lowest BCUT2D eigenvalue weighted by Crippen LogP contribution is -1.77. The van der Waals surface area contributed by atoms with Crippen LogP contribution in [0.3, 0.4) is 0 Å². The molecule has 0 rings (SSSR count). The first-order valence-corrected chi connectivity index (χ1v) is 3.46. The highest BCUT2D eigenvalue weighted by atomic mass is 31.1. The number of hydrogen-bond donors (Lipinski definition) is 0. The van der Waals surface area contributed by atoms with Crippen molar-refractivity contribution in [2.75, 3.05) is 6.61 Å². The minimum Gasteiger partial charge on any atom is -0.336 e. The fourth-order valence-electron chi connectivity index (χ4n) is 0.241. The Morgan fingerprint density at radius 2 is 2.00 bits per heavy atom. The Kier molecular flexibility index (Phi) is 4.38. The van der Waals surface area contributed by atoms with E-state index in [4.69, 9.17) is 17.4 Å². The summed E-state index contributed by atoms with van der Waals surface area (Å²) >= 11 is 0. The topological polar surface area (TPSA) is 9.23 Å². The zero-order valence-corrected chi connectivity index (χ0v) is 5.61. The van der Waals surface area contributed by atoms with Crippen molar-refractivity contribution in [3.05, 3.63) is 0 Å². The van der Waals surface area contributed by atoms with E-state index in [1.165, 1.54) is 0 Å². The van der Waals surface area contributed by atoms with E-state index in [2.05, 4.69) is 11.3 Å². The Balaban J connectivity index is 3.46. The highest BCUT2D eigenvalue weighted by molar-refractivity contribution is 7.63. The highest BCUT2D eigenvalue weighted by Gasteiger charge is 1.94. The summed E-state index contributed by atoms with van der Waals surface area (Å²) in [4.78, 5) is 0. The van der Waals surface area contributed by atoms with E-state index in [0.29, 0.717) is 6.61 Å². The first-order chi connectivity index (χ1) is 3.85. The van der Waals surface area contributed by atoms with Crippen molar-refractivity contribution in [1.82, 2.24) is 0 Å². The Hall–Kier alpha value is -0.490. The van der Waals surface area contributed by atoms with Crippen LogP contribution < -0.4 is 0 Å². The van der Waals surface area contributed by atoms with Crippen molar-refractivity contribution < 1.29 is 4.52 Å².